The zero-order valence-corrected chi connectivity index (χ0v) is 12.8. The van der Waals surface area contributed by atoms with Crippen molar-refractivity contribution in [2.45, 2.75) is 38.2 Å². The van der Waals surface area contributed by atoms with Crippen molar-refractivity contribution < 1.29 is 15.0 Å². The Morgan fingerprint density at radius 2 is 1.86 bits per heavy atom. The van der Waals surface area contributed by atoms with Gasteiger partial charge in [0.2, 0.25) is 0 Å². The highest BCUT2D eigenvalue weighted by molar-refractivity contribution is 5.87. The predicted molar refractivity (Wildman–Crippen MR) is 81.3 cm³/mol. The summed E-state index contributed by atoms with van der Waals surface area (Å²) in [5.41, 5.74) is 0.492. The van der Waals surface area contributed by atoms with Crippen molar-refractivity contribution in [1.29, 1.82) is 0 Å². The molecule has 7 atom stereocenters. The van der Waals surface area contributed by atoms with Crippen LogP contribution in [0.2, 0.25) is 0 Å². The van der Waals surface area contributed by atoms with Gasteiger partial charge in [0.1, 0.15) is 0 Å². The molecule has 2 unspecified atom stereocenters. The van der Waals surface area contributed by atoms with Gasteiger partial charge in [-0.2, -0.15) is 0 Å². The third kappa shape index (κ3) is 1.20. The average Bonchev–Trinajstić information content (AvgIpc) is 2.51. The maximum atomic E-state index is 11.7. The molecule has 0 aromatic heterocycles. The lowest BCUT2D eigenvalue weighted by molar-refractivity contribution is -0.372. The number of aromatic carboxylic acids is 1. The summed E-state index contributed by atoms with van der Waals surface area (Å²) in [5, 5.41) is 20.8. The fourth-order valence-corrected chi connectivity index (χ4v) is 7.07. The maximum absolute atomic E-state index is 11.7. The van der Waals surface area contributed by atoms with Crippen molar-refractivity contribution in [3.63, 3.8) is 0 Å². The first-order valence-corrected chi connectivity index (χ1v) is 8.52. The Bertz CT molecular complexity index is 653. The number of benzene rings is 1. The van der Waals surface area contributed by atoms with Crippen molar-refractivity contribution >= 4 is 5.97 Å². The quantitative estimate of drug-likeness (QED) is 0.881. The second-order valence-corrected chi connectivity index (χ2v) is 8.33. The van der Waals surface area contributed by atoms with E-state index in [1.165, 1.54) is 25.7 Å². The third-order valence-electron chi connectivity index (χ3n) is 7.86. The Balaban J connectivity index is 1.61. The molecule has 6 bridgehead atoms. The van der Waals surface area contributed by atoms with E-state index >= 15 is 0 Å². The van der Waals surface area contributed by atoms with Gasteiger partial charge >= 0.3 is 5.97 Å². The molecule has 0 aliphatic heterocycles. The van der Waals surface area contributed by atoms with E-state index in [0.717, 1.165) is 11.5 Å². The summed E-state index contributed by atoms with van der Waals surface area (Å²) in [5.74, 6) is 2.38. The van der Waals surface area contributed by atoms with Crippen LogP contribution in [0, 0.1) is 35.0 Å². The van der Waals surface area contributed by atoms with Gasteiger partial charge in [-0.25, -0.2) is 4.79 Å². The highest BCUT2D eigenvalue weighted by atomic mass is 16.4. The van der Waals surface area contributed by atoms with Crippen molar-refractivity contribution in [2.24, 2.45) is 35.0 Å². The first-order chi connectivity index (χ1) is 10.5. The lowest BCUT2D eigenvalue weighted by Crippen LogP contribution is -2.78. The van der Waals surface area contributed by atoms with Crippen molar-refractivity contribution in [2.75, 3.05) is 0 Å². The lowest BCUT2D eigenvalue weighted by Gasteiger charge is -2.79. The van der Waals surface area contributed by atoms with Gasteiger partial charge in [0, 0.05) is 5.41 Å². The molecule has 1 aromatic carbocycles. The number of hydrogen-bond acceptors (Lipinski definition) is 2. The minimum atomic E-state index is -0.905. The fourth-order valence-electron chi connectivity index (χ4n) is 7.07. The summed E-state index contributed by atoms with van der Waals surface area (Å²) in [6.07, 6.45) is 5.17. The van der Waals surface area contributed by atoms with Gasteiger partial charge in [-0.1, -0.05) is 19.1 Å². The van der Waals surface area contributed by atoms with Crippen LogP contribution in [-0.4, -0.2) is 16.2 Å². The molecule has 0 radical (unpaired) electrons. The van der Waals surface area contributed by atoms with Crippen LogP contribution < -0.4 is 0 Å². The molecule has 0 heterocycles. The monoisotopic (exact) mass is 298 g/mol. The van der Waals surface area contributed by atoms with Crippen molar-refractivity contribution in [1.82, 2.24) is 0 Å². The molecule has 6 aliphatic rings. The van der Waals surface area contributed by atoms with Crippen LogP contribution in [0.15, 0.2) is 24.3 Å². The molecule has 0 saturated heterocycles. The van der Waals surface area contributed by atoms with Crippen LogP contribution >= 0.6 is 0 Å². The summed E-state index contributed by atoms with van der Waals surface area (Å²) in [6.45, 7) is 2.29. The van der Waals surface area contributed by atoms with E-state index in [9.17, 15) is 9.90 Å². The van der Waals surface area contributed by atoms with E-state index in [2.05, 4.69) is 6.92 Å². The Labute approximate surface area is 130 Å². The first kappa shape index (κ1) is 13.1. The number of hydrogen-bond donors (Lipinski definition) is 2. The number of aliphatic hydroxyl groups is 1. The molecule has 3 heteroatoms. The maximum Gasteiger partial charge on any atom is 0.335 e. The summed E-state index contributed by atoms with van der Waals surface area (Å²) in [7, 11) is 0. The molecule has 2 N–H and O–H groups in total. The lowest BCUT2D eigenvalue weighted by atomic mass is 9.26. The molecular weight excluding hydrogens is 276 g/mol. The van der Waals surface area contributed by atoms with Crippen LogP contribution in [0.3, 0.4) is 0 Å². The van der Waals surface area contributed by atoms with E-state index in [-0.39, 0.29) is 5.41 Å². The summed E-state index contributed by atoms with van der Waals surface area (Å²) in [6, 6.07) is 6.99. The van der Waals surface area contributed by atoms with Crippen LogP contribution in [0.4, 0.5) is 0 Å². The van der Waals surface area contributed by atoms with Crippen LogP contribution in [0.25, 0.3) is 0 Å². The van der Waals surface area contributed by atoms with Crippen LogP contribution in [-0.2, 0) is 5.60 Å². The van der Waals surface area contributed by atoms with E-state index in [1.54, 1.807) is 12.1 Å². The topological polar surface area (TPSA) is 57.5 Å². The predicted octanol–water partition coefficient (Wildman–Crippen LogP) is 3.27. The van der Waals surface area contributed by atoms with Crippen molar-refractivity contribution in [3.8, 4) is 0 Å². The number of carbonyl (C=O) groups is 1. The van der Waals surface area contributed by atoms with Gasteiger partial charge in [0.15, 0.2) is 0 Å². The molecule has 6 fully saturated rings. The van der Waals surface area contributed by atoms with Gasteiger partial charge in [0.05, 0.1) is 11.2 Å². The normalized spacial score (nSPS) is 50.7. The summed E-state index contributed by atoms with van der Waals surface area (Å²) < 4.78 is 0. The van der Waals surface area contributed by atoms with Gasteiger partial charge in [0.25, 0.3) is 0 Å². The van der Waals surface area contributed by atoms with Gasteiger partial charge < -0.3 is 10.2 Å². The zero-order valence-electron chi connectivity index (χ0n) is 12.8. The minimum absolute atomic E-state index is 0.00414. The Morgan fingerprint density at radius 1 is 1.14 bits per heavy atom. The zero-order chi connectivity index (χ0) is 15.3. The number of carboxylic acids is 1. The summed E-state index contributed by atoms with van der Waals surface area (Å²) in [4.78, 5) is 11.1. The number of rotatable bonds is 2. The SMILES string of the molecule is CC12[C@H]3C[C@@H]4C[C@H](C3)C([C@H]1C4)[C@]2(O)c1ccc(C(=O)O)cc1. The fraction of sp³-hybridized carbons (Fsp3) is 0.632. The van der Waals surface area contributed by atoms with Gasteiger partial charge in [-0.3, -0.25) is 0 Å². The first-order valence-electron chi connectivity index (χ1n) is 8.52. The molecule has 6 saturated carbocycles. The molecule has 7 rings (SSSR count). The Morgan fingerprint density at radius 3 is 2.50 bits per heavy atom. The second kappa shape index (κ2) is 3.76. The molecule has 116 valence electrons. The van der Waals surface area contributed by atoms with Gasteiger partial charge in [-0.15, -0.1) is 0 Å². The summed E-state index contributed by atoms with van der Waals surface area (Å²) >= 11 is 0. The molecule has 0 amide bonds. The van der Waals surface area contributed by atoms with E-state index < -0.39 is 11.6 Å². The standard InChI is InChI=1S/C19H22O3/c1-18-14-7-10-6-12(9-14)16(15(18)8-10)19(18,22)13-4-2-11(3-5-13)17(20)21/h2-5,10,12,14-16,22H,6-9H2,1H3,(H,20,21)/t10-,12+,14-,15+,16?,18?,19+/m0/s1. The van der Waals surface area contributed by atoms with Crippen LogP contribution in [0.1, 0.15) is 48.5 Å². The molecular formula is C19H22O3. The average molecular weight is 298 g/mol. The Kier molecular flexibility index (Phi) is 2.24. The minimum Gasteiger partial charge on any atom is -0.478 e. The number of carboxylic acid groups (broad SMARTS) is 1. The third-order valence-corrected chi connectivity index (χ3v) is 7.86. The molecule has 1 aromatic rings. The van der Waals surface area contributed by atoms with E-state index in [0.29, 0.717) is 29.2 Å². The Hall–Kier alpha value is -1.35. The molecule has 6 aliphatic carbocycles. The molecule has 0 spiro atoms. The molecule has 22 heavy (non-hydrogen) atoms. The van der Waals surface area contributed by atoms with Crippen molar-refractivity contribution in [3.05, 3.63) is 35.4 Å². The largest absolute Gasteiger partial charge is 0.478 e. The smallest absolute Gasteiger partial charge is 0.335 e. The van der Waals surface area contributed by atoms with Gasteiger partial charge in [-0.05, 0) is 73.0 Å². The highest BCUT2D eigenvalue weighted by Crippen LogP contribution is 2.81. The highest BCUT2D eigenvalue weighted by Gasteiger charge is 2.79. The molecule has 3 nitrogen and oxygen atoms in total. The van der Waals surface area contributed by atoms with E-state index in [1.807, 2.05) is 12.1 Å². The van der Waals surface area contributed by atoms with Crippen LogP contribution in [0.5, 0.6) is 0 Å². The van der Waals surface area contributed by atoms with E-state index in [4.69, 9.17) is 5.11 Å². The second-order valence-electron chi connectivity index (χ2n) is 8.33.